The van der Waals surface area contributed by atoms with Gasteiger partial charge in [0.15, 0.2) is 0 Å². The summed E-state index contributed by atoms with van der Waals surface area (Å²) in [5.74, 6) is -0.503. The molecule has 3 unspecified atom stereocenters. The van der Waals surface area contributed by atoms with Gasteiger partial charge in [-0.2, -0.15) is 0 Å². The molecule has 0 heterocycles. The Morgan fingerprint density at radius 1 is 0.460 bits per heavy atom. The normalized spacial score (nSPS) is 13.5. The Balaban J connectivity index is 4.61. The fraction of sp³-hybridized carbons (Fsp3) is 0.825. The Labute approximate surface area is 391 Å². The quantitative estimate of drug-likeness (QED) is 0.0321. The maximum atomic E-state index is 13.2. The number of ether oxygens (including phenoxy) is 1. The summed E-state index contributed by atoms with van der Waals surface area (Å²) in [6.45, 7) is 6.45. The van der Waals surface area contributed by atoms with E-state index in [4.69, 9.17) is 4.74 Å². The van der Waals surface area contributed by atoms with Crippen LogP contribution >= 0.6 is 0 Å². The van der Waals surface area contributed by atoms with Gasteiger partial charge in [0, 0.05) is 6.42 Å². The first-order valence-corrected chi connectivity index (χ1v) is 27.4. The maximum Gasteiger partial charge on any atom is 0.306 e. The lowest BCUT2D eigenvalue weighted by Crippen LogP contribution is -2.46. The van der Waals surface area contributed by atoms with Crippen molar-refractivity contribution in [3.63, 3.8) is 0 Å². The van der Waals surface area contributed by atoms with E-state index in [2.05, 4.69) is 74.7 Å². The zero-order valence-corrected chi connectivity index (χ0v) is 42.0. The molecule has 6 heteroatoms. The summed E-state index contributed by atoms with van der Waals surface area (Å²) in [5, 5.41) is 23.8. The van der Waals surface area contributed by atoms with E-state index in [9.17, 15) is 19.8 Å². The van der Waals surface area contributed by atoms with Gasteiger partial charge >= 0.3 is 5.97 Å². The van der Waals surface area contributed by atoms with Crippen LogP contribution < -0.4 is 5.32 Å². The zero-order valence-electron chi connectivity index (χ0n) is 42.0. The number of carbonyl (C=O) groups is 2. The van der Waals surface area contributed by atoms with Crippen LogP contribution in [0.4, 0.5) is 0 Å². The van der Waals surface area contributed by atoms with E-state index >= 15 is 0 Å². The smallest absolute Gasteiger partial charge is 0.306 e. The average molecular weight is 884 g/mol. The summed E-state index contributed by atoms with van der Waals surface area (Å²) >= 11 is 0. The van der Waals surface area contributed by atoms with Crippen molar-refractivity contribution in [2.75, 3.05) is 6.61 Å². The van der Waals surface area contributed by atoms with Crippen LogP contribution in [0.2, 0.25) is 0 Å². The van der Waals surface area contributed by atoms with Gasteiger partial charge in [0.1, 0.15) is 6.10 Å². The molecule has 63 heavy (non-hydrogen) atoms. The highest BCUT2D eigenvalue weighted by Crippen LogP contribution is 2.18. The van der Waals surface area contributed by atoms with Gasteiger partial charge in [-0.15, -0.1) is 0 Å². The van der Waals surface area contributed by atoms with Crippen LogP contribution in [-0.4, -0.2) is 46.9 Å². The molecule has 3 atom stereocenters. The molecule has 0 fully saturated rings. The summed E-state index contributed by atoms with van der Waals surface area (Å²) in [6.07, 6.45) is 61.7. The molecule has 6 nitrogen and oxygen atoms in total. The van der Waals surface area contributed by atoms with Gasteiger partial charge in [-0.05, 0) is 51.4 Å². The largest absolute Gasteiger partial charge is 0.462 e. The van der Waals surface area contributed by atoms with E-state index in [-0.39, 0.29) is 24.9 Å². The molecule has 0 saturated heterocycles. The first kappa shape index (κ1) is 60.8. The average Bonchev–Trinajstić information content (AvgIpc) is 3.28. The van der Waals surface area contributed by atoms with Crippen molar-refractivity contribution in [1.29, 1.82) is 0 Å². The molecule has 1 amide bonds. The minimum atomic E-state index is -0.798. The van der Waals surface area contributed by atoms with Crippen molar-refractivity contribution >= 4 is 11.9 Å². The van der Waals surface area contributed by atoms with Crippen LogP contribution in [0.3, 0.4) is 0 Å². The lowest BCUT2D eigenvalue weighted by Gasteiger charge is -2.24. The fourth-order valence-corrected chi connectivity index (χ4v) is 8.33. The predicted molar refractivity (Wildman–Crippen MR) is 273 cm³/mol. The summed E-state index contributed by atoms with van der Waals surface area (Å²) in [4.78, 5) is 26.2. The number of esters is 1. The van der Waals surface area contributed by atoms with E-state index in [1.807, 2.05) is 0 Å². The van der Waals surface area contributed by atoms with Crippen molar-refractivity contribution in [2.45, 2.75) is 296 Å². The summed E-state index contributed by atoms with van der Waals surface area (Å²) in [5.41, 5.74) is 0. The van der Waals surface area contributed by atoms with E-state index in [0.29, 0.717) is 19.3 Å². The number of unbranched alkanes of at least 4 members (excludes halogenated alkanes) is 32. The van der Waals surface area contributed by atoms with Crippen LogP contribution in [0.1, 0.15) is 278 Å². The first-order chi connectivity index (χ1) is 31.0. The second kappa shape index (κ2) is 50.8. The molecule has 0 aliphatic heterocycles. The van der Waals surface area contributed by atoms with Gasteiger partial charge in [-0.25, -0.2) is 0 Å². The number of amides is 1. The Bertz CT molecular complexity index is 1080. The van der Waals surface area contributed by atoms with Crippen molar-refractivity contribution in [2.24, 2.45) is 0 Å². The van der Waals surface area contributed by atoms with Crippen molar-refractivity contribution in [1.82, 2.24) is 5.32 Å². The Kier molecular flexibility index (Phi) is 49.1. The third kappa shape index (κ3) is 46.2. The Hall–Kier alpha value is -2.18. The molecule has 3 N–H and O–H groups in total. The van der Waals surface area contributed by atoms with Crippen LogP contribution in [0, 0.1) is 0 Å². The molecule has 0 bridgehead atoms. The molecule has 0 rings (SSSR count). The van der Waals surface area contributed by atoms with Crippen LogP contribution in [-0.2, 0) is 14.3 Å². The Morgan fingerprint density at radius 3 is 1.25 bits per heavy atom. The monoisotopic (exact) mass is 884 g/mol. The molecule has 0 aliphatic rings. The van der Waals surface area contributed by atoms with Gasteiger partial charge < -0.3 is 20.3 Å². The highest BCUT2D eigenvalue weighted by atomic mass is 16.5. The van der Waals surface area contributed by atoms with E-state index in [0.717, 1.165) is 70.6 Å². The van der Waals surface area contributed by atoms with Gasteiger partial charge in [0.25, 0.3) is 0 Å². The number of allylic oxidation sites excluding steroid dienone is 8. The number of hydrogen-bond donors (Lipinski definition) is 3. The second-order valence-corrected chi connectivity index (χ2v) is 18.7. The molecule has 0 aromatic heterocycles. The summed E-state index contributed by atoms with van der Waals surface area (Å²) in [7, 11) is 0. The zero-order chi connectivity index (χ0) is 45.9. The molecule has 0 aromatic rings. The number of hydrogen-bond acceptors (Lipinski definition) is 5. The Morgan fingerprint density at radius 2 is 0.810 bits per heavy atom. The van der Waals surface area contributed by atoms with Crippen molar-refractivity contribution in [3.05, 3.63) is 48.6 Å². The minimum absolute atomic E-state index is 0.0542. The molecule has 0 aliphatic carbocycles. The maximum absolute atomic E-state index is 13.2. The second-order valence-electron chi connectivity index (χ2n) is 18.7. The molecule has 0 aromatic carbocycles. The lowest BCUT2D eigenvalue weighted by atomic mass is 10.0. The molecule has 368 valence electrons. The lowest BCUT2D eigenvalue weighted by molar-refractivity contribution is -0.151. The van der Waals surface area contributed by atoms with E-state index < -0.39 is 18.2 Å². The highest BCUT2D eigenvalue weighted by molar-refractivity contribution is 5.77. The van der Waals surface area contributed by atoms with Crippen molar-refractivity contribution < 1.29 is 24.5 Å². The number of nitrogens with one attached hydrogen (secondary N) is 1. The van der Waals surface area contributed by atoms with Gasteiger partial charge in [0.05, 0.1) is 25.2 Å². The number of carbonyl (C=O) groups excluding carboxylic acids is 2. The molecular formula is C57H105NO5. The molecule has 0 saturated carbocycles. The molecular weight excluding hydrogens is 779 g/mol. The minimum Gasteiger partial charge on any atom is -0.462 e. The summed E-state index contributed by atoms with van der Waals surface area (Å²) < 4.78 is 5.93. The highest BCUT2D eigenvalue weighted by Gasteiger charge is 2.24. The third-order valence-corrected chi connectivity index (χ3v) is 12.5. The van der Waals surface area contributed by atoms with Crippen LogP contribution in [0.25, 0.3) is 0 Å². The van der Waals surface area contributed by atoms with E-state index in [1.165, 1.54) is 161 Å². The van der Waals surface area contributed by atoms with E-state index in [1.54, 1.807) is 0 Å². The first-order valence-electron chi connectivity index (χ1n) is 27.4. The van der Waals surface area contributed by atoms with Crippen molar-refractivity contribution in [3.8, 4) is 0 Å². The SMILES string of the molecule is CCCCC/C=C/C=C/C=C/C=C/CCCCCC(CC(=O)NC(CO)C(O)CCCCCCCCCCCCCCCCCC)OC(=O)CCCCCCCCCCCCCC. The number of aliphatic hydroxyl groups excluding tert-OH is 2. The van der Waals surface area contributed by atoms with Gasteiger partial charge in [-0.1, -0.05) is 262 Å². The molecule has 0 spiro atoms. The third-order valence-electron chi connectivity index (χ3n) is 12.5. The summed E-state index contributed by atoms with van der Waals surface area (Å²) in [6, 6.07) is -0.713. The number of rotatable bonds is 49. The standard InChI is InChI=1S/C57H105NO5/c1-4-7-10-13-16-19-22-25-27-29-31-33-36-39-42-45-48-53(63-57(62)50-47-44-41-38-35-24-21-18-15-12-9-6-3)51-56(61)58-54(52-59)55(60)49-46-43-40-37-34-32-30-28-26-23-20-17-14-11-8-5-2/h16,19,22,25,27,29,31,33,53-55,59-60H,4-15,17-18,20-21,23-24,26,28,30,32,34-52H2,1-3H3,(H,58,61)/b19-16+,25-22+,29-27+,33-31+. The topological polar surface area (TPSA) is 95.9 Å². The fourth-order valence-electron chi connectivity index (χ4n) is 8.33. The predicted octanol–water partition coefficient (Wildman–Crippen LogP) is 16.6. The molecule has 0 radical (unpaired) electrons. The van der Waals surface area contributed by atoms with Crippen LogP contribution in [0.5, 0.6) is 0 Å². The van der Waals surface area contributed by atoms with Gasteiger partial charge in [-0.3, -0.25) is 9.59 Å². The number of aliphatic hydroxyl groups is 2. The van der Waals surface area contributed by atoms with Gasteiger partial charge in [0.2, 0.25) is 5.91 Å². The van der Waals surface area contributed by atoms with Crippen LogP contribution in [0.15, 0.2) is 48.6 Å².